The fourth-order valence-electron chi connectivity index (χ4n) is 7.69. The Hall–Kier alpha value is -1.12. The third-order valence-electron chi connectivity index (χ3n) is 12.1. The molecule has 0 spiro atoms. The molecule has 1 heterocycles. The molecule has 7 N–H and O–H groups in total. The number of rotatable bonds is 47. The largest absolute Gasteiger partial charge is 0.472 e. The lowest BCUT2D eigenvalue weighted by atomic mass is 9.99. The Morgan fingerprint density at radius 1 is 0.557 bits per heavy atom. The number of hydrogen-bond acceptors (Lipinski definition) is 16. The van der Waals surface area contributed by atoms with Crippen molar-refractivity contribution in [2.45, 2.75) is 236 Å². The van der Waals surface area contributed by atoms with Crippen LogP contribution in [0.4, 0.5) is 0 Å². The lowest BCUT2D eigenvalue weighted by molar-refractivity contribution is -0.870. The summed E-state index contributed by atoms with van der Waals surface area (Å²) in [5.41, 5.74) is 5.83. The fourth-order valence-corrected chi connectivity index (χ4v) is 9.24. The normalized spacial score (nSPS) is 21.2. The number of phosphoric acid groups is 2. The molecule has 19 nitrogen and oxygen atoms in total. The Kier molecular flexibility index (Phi) is 38.4. The molecule has 1 fully saturated rings. The van der Waals surface area contributed by atoms with Crippen LogP contribution in [0.3, 0.4) is 0 Å². The topological polar surface area (TPSA) is 269 Å². The first-order chi connectivity index (χ1) is 33.3. The predicted molar refractivity (Wildman–Crippen MR) is 268 cm³/mol. The van der Waals surface area contributed by atoms with Crippen molar-refractivity contribution in [3.05, 3.63) is 0 Å². The van der Waals surface area contributed by atoms with Gasteiger partial charge in [-0.15, -0.1) is 0 Å². The molecule has 9 atom stereocenters. The van der Waals surface area contributed by atoms with Gasteiger partial charge in [0.15, 0.2) is 12.4 Å². The van der Waals surface area contributed by atoms with Crippen molar-refractivity contribution in [2.75, 3.05) is 67.3 Å². The summed E-state index contributed by atoms with van der Waals surface area (Å²) in [6.45, 7) is 1.98. The minimum Gasteiger partial charge on any atom is -0.462 e. The number of carbonyl (C=O) groups is 2. The Labute approximate surface area is 421 Å². The van der Waals surface area contributed by atoms with E-state index in [0.29, 0.717) is 23.9 Å². The van der Waals surface area contributed by atoms with Crippen molar-refractivity contribution in [1.82, 2.24) is 0 Å². The van der Waals surface area contributed by atoms with Crippen molar-refractivity contribution in [3.8, 4) is 0 Å². The lowest BCUT2D eigenvalue weighted by Crippen LogP contribution is -2.59. The minimum absolute atomic E-state index is 0.0714. The zero-order valence-electron chi connectivity index (χ0n) is 43.8. The van der Waals surface area contributed by atoms with Gasteiger partial charge in [-0.2, -0.15) is 0 Å². The first-order valence-corrected chi connectivity index (χ1v) is 29.7. The summed E-state index contributed by atoms with van der Waals surface area (Å²) in [5.74, 6) is -0.974. The van der Waals surface area contributed by atoms with Crippen LogP contribution in [0.15, 0.2) is 0 Å². The smallest absolute Gasteiger partial charge is 0.462 e. The van der Waals surface area contributed by atoms with E-state index >= 15 is 0 Å². The van der Waals surface area contributed by atoms with Gasteiger partial charge in [0.05, 0.1) is 53.6 Å². The zero-order chi connectivity index (χ0) is 52.1. The van der Waals surface area contributed by atoms with Gasteiger partial charge >= 0.3 is 27.6 Å². The highest BCUT2D eigenvalue weighted by Crippen LogP contribution is 2.45. The van der Waals surface area contributed by atoms with E-state index in [1.165, 1.54) is 116 Å². The Bertz CT molecular complexity index is 1410. The maximum Gasteiger partial charge on any atom is 0.472 e. The number of carbonyl (C=O) groups excluding carboxylic acids is 2. The van der Waals surface area contributed by atoms with Crippen LogP contribution in [0.1, 0.15) is 194 Å². The van der Waals surface area contributed by atoms with E-state index in [-0.39, 0.29) is 26.1 Å². The number of ether oxygens (including phenoxy) is 4. The molecule has 0 saturated carbocycles. The van der Waals surface area contributed by atoms with Gasteiger partial charge in [0.1, 0.15) is 44.2 Å². The molecule has 0 aromatic carbocycles. The molecule has 0 amide bonds. The average Bonchev–Trinajstić information content (AvgIpc) is 3.30. The maximum atomic E-state index is 13.0. The summed E-state index contributed by atoms with van der Waals surface area (Å²) in [6, 6.07) is -1.16. The van der Waals surface area contributed by atoms with Gasteiger partial charge in [-0.3, -0.25) is 27.7 Å². The van der Waals surface area contributed by atoms with Crippen LogP contribution >= 0.6 is 15.6 Å². The summed E-state index contributed by atoms with van der Waals surface area (Å²) in [6.07, 6.45) is 20.9. The highest BCUT2D eigenvalue weighted by Gasteiger charge is 2.45. The number of nitrogens with zero attached hydrogens (tertiary/aromatic N) is 1. The van der Waals surface area contributed by atoms with Gasteiger partial charge in [-0.1, -0.05) is 168 Å². The van der Waals surface area contributed by atoms with Crippen LogP contribution in [0.25, 0.3) is 0 Å². The molecular weight excluding hydrogens is 950 g/mol. The van der Waals surface area contributed by atoms with E-state index in [2.05, 4.69) is 13.8 Å². The molecule has 0 bridgehead atoms. The van der Waals surface area contributed by atoms with Crippen molar-refractivity contribution >= 4 is 27.6 Å². The second-order valence-corrected chi connectivity index (χ2v) is 23.0. The molecule has 5 unspecified atom stereocenters. The van der Waals surface area contributed by atoms with Gasteiger partial charge in [0, 0.05) is 12.8 Å². The molecule has 416 valence electrons. The van der Waals surface area contributed by atoms with Crippen molar-refractivity contribution in [3.63, 3.8) is 0 Å². The Balaban J connectivity index is 2.68. The lowest BCUT2D eigenvalue weighted by Gasteiger charge is -2.40. The van der Waals surface area contributed by atoms with Gasteiger partial charge < -0.3 is 54.3 Å². The summed E-state index contributed by atoms with van der Waals surface area (Å²) < 4.78 is 67.5. The Morgan fingerprint density at radius 3 is 1.41 bits per heavy atom. The van der Waals surface area contributed by atoms with E-state index in [1.807, 2.05) is 21.1 Å². The number of aliphatic hydroxyl groups excluding tert-OH is 3. The summed E-state index contributed by atoms with van der Waals surface area (Å²) in [7, 11) is -3.75. The van der Waals surface area contributed by atoms with Crippen molar-refractivity contribution in [2.24, 2.45) is 5.73 Å². The van der Waals surface area contributed by atoms with Crippen LogP contribution in [0, 0.1) is 0 Å². The standard InChI is InChI=1S/C49H98N2O17P2/c1-6-8-10-12-14-16-18-20-22-24-26-28-30-32-44(52)61-38-42(67-45(53)33-31-29-27-25-23-21-19-17-15-13-11-9-7-2)39-62-49-48(56)47(55)46(54)43(68-49)40-66-70(59,60)65-37-41(50)36-64-69(57,58)63-35-34-51(3,4)5/h41-43,46-49,54-56H,6-40,50H2,1-5H3,(H-,57,58,59,60)/p+1/t41?,42-,43-,46-,47?,48?,49+/m1/s1. The molecule has 1 aliphatic rings. The van der Waals surface area contributed by atoms with Gasteiger partial charge in [0.25, 0.3) is 0 Å². The third-order valence-corrected chi connectivity index (χ3v) is 14.1. The predicted octanol–water partition coefficient (Wildman–Crippen LogP) is 8.53. The number of likely N-dealkylation sites (N-methyl/N-ethyl adjacent to an activating group) is 1. The van der Waals surface area contributed by atoms with Crippen LogP contribution < -0.4 is 5.73 Å². The van der Waals surface area contributed by atoms with E-state index in [1.54, 1.807) is 0 Å². The summed E-state index contributed by atoms with van der Waals surface area (Å²) in [4.78, 5) is 45.9. The second-order valence-electron chi connectivity index (χ2n) is 20.1. The fraction of sp³-hybridized carbons (Fsp3) is 0.959. The molecule has 1 rings (SSSR count). The van der Waals surface area contributed by atoms with Gasteiger partial charge in [-0.25, -0.2) is 9.13 Å². The number of hydrogen-bond donors (Lipinski definition) is 6. The number of nitrogens with two attached hydrogens (primary N) is 1. The molecule has 0 aromatic rings. The second kappa shape index (κ2) is 40.2. The quantitative estimate of drug-likeness (QED) is 0.0144. The summed E-state index contributed by atoms with van der Waals surface area (Å²) >= 11 is 0. The highest BCUT2D eigenvalue weighted by atomic mass is 31.2. The SMILES string of the molecule is CCCCCCCCCCCCCCCC(=O)OC[C@H](CO[C@H]1O[C@H](COP(=O)(O)OCC(N)COP(=O)(O)OCC[N+](C)(C)C)[C@@H](O)C(O)C1O)OC(=O)CCCCCCCCCCCCCCC. The van der Waals surface area contributed by atoms with Crippen LogP contribution in [0.2, 0.25) is 0 Å². The molecular formula is C49H99N2O17P2+. The van der Waals surface area contributed by atoms with E-state index in [9.17, 15) is 43.8 Å². The monoisotopic (exact) mass is 1050 g/mol. The van der Waals surface area contributed by atoms with Crippen LogP contribution in [0.5, 0.6) is 0 Å². The first kappa shape index (κ1) is 66.9. The number of esters is 2. The number of quaternary nitrogens is 1. The number of aliphatic hydroxyl groups is 3. The molecule has 1 aliphatic heterocycles. The Morgan fingerprint density at radius 2 is 0.971 bits per heavy atom. The molecule has 21 heteroatoms. The van der Waals surface area contributed by atoms with Crippen molar-refractivity contribution in [1.29, 1.82) is 0 Å². The number of phosphoric ester groups is 2. The van der Waals surface area contributed by atoms with Gasteiger partial charge in [0.2, 0.25) is 0 Å². The maximum absolute atomic E-state index is 13.0. The molecule has 1 saturated heterocycles. The minimum atomic E-state index is -4.89. The zero-order valence-corrected chi connectivity index (χ0v) is 45.6. The van der Waals surface area contributed by atoms with Crippen molar-refractivity contribution < 1.29 is 85.4 Å². The number of unbranched alkanes of at least 4 members (excludes halogenated alkanes) is 24. The molecule has 0 aliphatic carbocycles. The molecule has 0 radical (unpaired) electrons. The van der Waals surface area contributed by atoms with Crippen LogP contribution in [-0.4, -0.2) is 152 Å². The molecule has 70 heavy (non-hydrogen) atoms. The highest BCUT2D eigenvalue weighted by molar-refractivity contribution is 7.47. The van der Waals surface area contributed by atoms with Crippen LogP contribution in [-0.2, 0) is 55.8 Å². The molecule has 0 aromatic heterocycles. The van der Waals surface area contributed by atoms with Gasteiger partial charge in [-0.05, 0) is 12.8 Å². The third kappa shape index (κ3) is 36.7. The first-order valence-electron chi connectivity index (χ1n) is 26.7. The van der Waals surface area contributed by atoms with E-state index < -0.39 is 96.9 Å². The summed E-state index contributed by atoms with van der Waals surface area (Å²) in [5, 5.41) is 32.0. The van der Waals surface area contributed by atoms with E-state index in [0.717, 1.165) is 38.5 Å². The average molecular weight is 1050 g/mol. The van der Waals surface area contributed by atoms with E-state index in [4.69, 9.17) is 42.8 Å².